The zero-order valence-corrected chi connectivity index (χ0v) is 15.4. The molecule has 0 fully saturated rings. The van der Waals surface area contributed by atoms with Crippen LogP contribution in [0, 0.1) is 12.8 Å². The Balaban J connectivity index is 1.84. The van der Waals surface area contributed by atoms with Gasteiger partial charge in [0.2, 0.25) is 0 Å². The van der Waals surface area contributed by atoms with E-state index in [1.807, 2.05) is 6.92 Å². The summed E-state index contributed by atoms with van der Waals surface area (Å²) >= 11 is 0. The highest BCUT2D eigenvalue weighted by molar-refractivity contribution is 5.95. The van der Waals surface area contributed by atoms with Gasteiger partial charge in [-0.25, -0.2) is 9.48 Å². The zero-order valence-electron chi connectivity index (χ0n) is 15.4. The summed E-state index contributed by atoms with van der Waals surface area (Å²) in [7, 11) is 0. The van der Waals surface area contributed by atoms with E-state index >= 15 is 0 Å². The molecule has 144 valence electrons. The van der Waals surface area contributed by atoms with Gasteiger partial charge in [-0.3, -0.25) is 4.79 Å². The van der Waals surface area contributed by atoms with E-state index in [0.29, 0.717) is 42.5 Å². The molecule has 1 aromatic carbocycles. The molecule has 0 aliphatic carbocycles. The lowest BCUT2D eigenvalue weighted by Gasteiger charge is -2.19. The topological polar surface area (TPSA) is 116 Å². The summed E-state index contributed by atoms with van der Waals surface area (Å²) in [6, 6.07) is 4.34. The smallest absolute Gasteiger partial charge is 0.326 e. The van der Waals surface area contributed by atoms with Crippen LogP contribution in [0.3, 0.4) is 0 Å². The number of rotatable bonds is 6. The first kappa shape index (κ1) is 18.7. The van der Waals surface area contributed by atoms with Gasteiger partial charge in [-0.1, -0.05) is 25.5 Å². The van der Waals surface area contributed by atoms with Crippen LogP contribution < -0.4 is 14.8 Å². The van der Waals surface area contributed by atoms with Crippen LogP contribution in [0.5, 0.6) is 11.5 Å². The summed E-state index contributed by atoms with van der Waals surface area (Å²) in [6.45, 7) is 6.31. The number of carbonyl (C=O) groups excluding carboxylic acids is 1. The molecular formula is C18H22N4O5. The Bertz CT molecular complexity index is 863. The lowest BCUT2D eigenvalue weighted by atomic mass is 9.99. The van der Waals surface area contributed by atoms with Crippen molar-refractivity contribution in [3.05, 3.63) is 29.6 Å². The van der Waals surface area contributed by atoms with E-state index in [1.165, 1.54) is 4.68 Å². The number of amides is 1. The molecule has 9 heteroatoms. The number of carboxylic acid groups (broad SMARTS) is 1. The molecule has 1 aromatic heterocycles. The predicted molar refractivity (Wildman–Crippen MR) is 95.4 cm³/mol. The normalized spacial score (nSPS) is 15.1. The van der Waals surface area contributed by atoms with Crippen molar-refractivity contribution < 1.29 is 24.2 Å². The molecule has 0 saturated carbocycles. The number of nitrogens with zero attached hydrogens (tertiary/aromatic N) is 3. The lowest BCUT2D eigenvalue weighted by Crippen LogP contribution is -2.45. The van der Waals surface area contributed by atoms with Crippen LogP contribution in [0.2, 0.25) is 0 Å². The minimum atomic E-state index is -1.07. The highest BCUT2D eigenvalue weighted by Crippen LogP contribution is 2.32. The molecule has 0 unspecified atom stereocenters. The van der Waals surface area contributed by atoms with Crippen molar-refractivity contribution in [2.75, 3.05) is 13.2 Å². The fourth-order valence-corrected chi connectivity index (χ4v) is 2.84. The first-order chi connectivity index (χ1) is 12.9. The second-order valence-electron chi connectivity index (χ2n) is 6.44. The van der Waals surface area contributed by atoms with Crippen LogP contribution in [0.25, 0.3) is 5.69 Å². The molecule has 3 rings (SSSR count). The van der Waals surface area contributed by atoms with Crippen LogP contribution in [0.4, 0.5) is 0 Å². The van der Waals surface area contributed by atoms with Gasteiger partial charge in [0, 0.05) is 6.07 Å². The summed E-state index contributed by atoms with van der Waals surface area (Å²) in [5.41, 5.74) is 1.25. The van der Waals surface area contributed by atoms with Gasteiger partial charge in [-0.05, 0) is 25.0 Å². The van der Waals surface area contributed by atoms with E-state index in [0.717, 1.165) is 0 Å². The summed E-state index contributed by atoms with van der Waals surface area (Å²) < 4.78 is 12.6. The summed E-state index contributed by atoms with van der Waals surface area (Å²) in [5.74, 6) is -0.598. The molecule has 1 amide bonds. The van der Waals surface area contributed by atoms with Crippen LogP contribution in [0.15, 0.2) is 18.2 Å². The molecule has 1 aliphatic heterocycles. The molecule has 1 aliphatic rings. The number of aliphatic carboxylic acids is 1. The van der Waals surface area contributed by atoms with Crippen molar-refractivity contribution in [3.63, 3.8) is 0 Å². The first-order valence-corrected chi connectivity index (χ1v) is 8.78. The number of carbonyl (C=O) groups is 2. The van der Waals surface area contributed by atoms with Crippen molar-refractivity contribution in [1.29, 1.82) is 0 Å². The predicted octanol–water partition coefficient (Wildman–Crippen LogP) is 1.58. The highest BCUT2D eigenvalue weighted by atomic mass is 16.6. The maximum absolute atomic E-state index is 12.5. The summed E-state index contributed by atoms with van der Waals surface area (Å²) in [6.07, 6.45) is 0.625. The molecule has 0 spiro atoms. The molecule has 9 nitrogen and oxygen atoms in total. The van der Waals surface area contributed by atoms with E-state index in [2.05, 4.69) is 15.6 Å². The Morgan fingerprint density at radius 3 is 2.67 bits per heavy atom. The Kier molecular flexibility index (Phi) is 5.29. The molecule has 0 saturated heterocycles. The van der Waals surface area contributed by atoms with Crippen LogP contribution in [0.1, 0.15) is 36.5 Å². The maximum atomic E-state index is 12.5. The van der Waals surface area contributed by atoms with E-state index in [1.54, 1.807) is 32.0 Å². The third-order valence-corrected chi connectivity index (χ3v) is 4.65. The number of aromatic nitrogens is 3. The molecule has 27 heavy (non-hydrogen) atoms. The van der Waals surface area contributed by atoms with Crippen LogP contribution in [-0.2, 0) is 4.79 Å². The first-order valence-electron chi connectivity index (χ1n) is 8.78. The van der Waals surface area contributed by atoms with Crippen LogP contribution >= 0.6 is 0 Å². The van der Waals surface area contributed by atoms with Gasteiger partial charge in [-0.2, -0.15) is 0 Å². The second kappa shape index (κ2) is 7.65. The van der Waals surface area contributed by atoms with Gasteiger partial charge in [0.05, 0.1) is 11.4 Å². The number of hydrogen-bond acceptors (Lipinski definition) is 6. The number of carboxylic acids is 1. The average molecular weight is 374 g/mol. The van der Waals surface area contributed by atoms with Gasteiger partial charge in [-0.15, -0.1) is 5.10 Å². The van der Waals surface area contributed by atoms with Crippen molar-refractivity contribution >= 4 is 11.9 Å². The minimum absolute atomic E-state index is 0.0828. The largest absolute Gasteiger partial charge is 0.486 e. The second-order valence-corrected chi connectivity index (χ2v) is 6.44. The standard InChI is InChI=1S/C18H22N4O5/c1-4-10(2)15(18(24)25)19-17(23)16-11(3)22(21-20-16)12-5-6-13-14(9-12)27-8-7-26-13/h5-6,9-10,15H,4,7-8H2,1-3H3,(H,19,23)(H,24,25)/t10-,15-/m0/s1. The maximum Gasteiger partial charge on any atom is 0.326 e. The van der Waals surface area contributed by atoms with Gasteiger partial charge < -0.3 is 19.9 Å². The number of benzene rings is 1. The van der Waals surface area contributed by atoms with Crippen molar-refractivity contribution in [1.82, 2.24) is 20.3 Å². The Labute approximate surface area is 156 Å². The zero-order chi connectivity index (χ0) is 19.6. The SMILES string of the molecule is CC[C@H](C)[C@H](NC(=O)c1nnn(-c2ccc3c(c2)OCCO3)c1C)C(=O)O. The van der Waals surface area contributed by atoms with E-state index < -0.39 is 17.9 Å². The van der Waals surface area contributed by atoms with Crippen LogP contribution in [-0.4, -0.2) is 51.2 Å². The van der Waals surface area contributed by atoms with E-state index in [9.17, 15) is 14.7 Å². The third kappa shape index (κ3) is 3.71. The summed E-state index contributed by atoms with van der Waals surface area (Å²) in [5, 5.41) is 19.9. The molecular weight excluding hydrogens is 352 g/mol. The number of hydrogen-bond donors (Lipinski definition) is 2. The van der Waals surface area contributed by atoms with Crippen molar-refractivity contribution in [2.45, 2.75) is 33.2 Å². The van der Waals surface area contributed by atoms with Gasteiger partial charge in [0.15, 0.2) is 17.2 Å². The Morgan fingerprint density at radius 2 is 2.00 bits per heavy atom. The van der Waals surface area contributed by atoms with E-state index in [4.69, 9.17) is 9.47 Å². The molecule has 2 aromatic rings. The van der Waals surface area contributed by atoms with Gasteiger partial charge in [0.1, 0.15) is 19.3 Å². The monoisotopic (exact) mass is 374 g/mol. The molecule has 2 heterocycles. The fourth-order valence-electron chi connectivity index (χ4n) is 2.84. The summed E-state index contributed by atoms with van der Waals surface area (Å²) in [4.78, 5) is 24.0. The molecule has 0 radical (unpaired) electrons. The van der Waals surface area contributed by atoms with E-state index in [-0.39, 0.29) is 11.6 Å². The quantitative estimate of drug-likeness (QED) is 0.788. The lowest BCUT2D eigenvalue weighted by molar-refractivity contribution is -0.140. The van der Waals surface area contributed by atoms with Crippen molar-refractivity contribution in [2.24, 2.45) is 5.92 Å². The van der Waals surface area contributed by atoms with Crippen molar-refractivity contribution in [3.8, 4) is 17.2 Å². The Hall–Kier alpha value is -3.10. The highest BCUT2D eigenvalue weighted by Gasteiger charge is 2.28. The Morgan fingerprint density at radius 1 is 1.30 bits per heavy atom. The number of nitrogens with one attached hydrogen (secondary N) is 1. The molecule has 2 atom stereocenters. The molecule has 2 N–H and O–H groups in total. The average Bonchev–Trinajstić information content (AvgIpc) is 3.06. The van der Waals surface area contributed by atoms with Gasteiger partial charge >= 0.3 is 5.97 Å². The third-order valence-electron chi connectivity index (χ3n) is 4.65. The number of ether oxygens (including phenoxy) is 2. The van der Waals surface area contributed by atoms with Gasteiger partial charge in [0.25, 0.3) is 5.91 Å². The minimum Gasteiger partial charge on any atom is -0.486 e. The fraction of sp³-hybridized carbons (Fsp3) is 0.444. The number of fused-ring (bicyclic) bond motifs is 1. The molecule has 0 bridgehead atoms.